The number of rotatable bonds is 6. The fraction of sp³-hybridized carbons (Fsp3) is 0.909. The summed E-state index contributed by atoms with van der Waals surface area (Å²) in [6, 6.07) is 0. The van der Waals surface area contributed by atoms with Crippen molar-refractivity contribution in [3.05, 3.63) is 0 Å². The lowest BCUT2D eigenvalue weighted by atomic mass is 10.3. The van der Waals surface area contributed by atoms with Crippen molar-refractivity contribution in [1.82, 2.24) is 8.01 Å². The third-order valence-corrected chi connectivity index (χ3v) is 5.97. The summed E-state index contributed by atoms with van der Waals surface area (Å²) in [7, 11) is 0. The Hall–Kier alpha value is 0.810. The average Bonchev–Trinajstić information content (AvgIpc) is 2.25. The zero-order valence-corrected chi connectivity index (χ0v) is 12.7. The smallest absolute Gasteiger partial charge is 0.129 e. The topological polar surface area (TPSA) is 6.48 Å². The lowest BCUT2D eigenvalue weighted by molar-refractivity contribution is 0.368. The first-order valence-electron chi connectivity index (χ1n) is 5.95. The Morgan fingerprint density at radius 2 is 1.80 bits per heavy atom. The van der Waals surface area contributed by atoms with E-state index in [0.717, 1.165) is 16.2 Å². The van der Waals surface area contributed by atoms with Crippen molar-refractivity contribution in [2.75, 3.05) is 26.2 Å². The van der Waals surface area contributed by atoms with Gasteiger partial charge >= 0.3 is 0 Å². The lowest BCUT2D eigenvalue weighted by Gasteiger charge is -2.30. The van der Waals surface area contributed by atoms with Gasteiger partial charge in [0.2, 0.25) is 0 Å². The minimum absolute atomic E-state index is 0.0431. The summed E-state index contributed by atoms with van der Waals surface area (Å²) in [5.41, 5.74) is 0. The van der Waals surface area contributed by atoms with Crippen molar-refractivity contribution in [2.45, 2.75) is 39.5 Å². The number of unbranched alkanes of at least 4 members (excludes halogenated alkanes) is 2. The van der Waals surface area contributed by atoms with Gasteiger partial charge in [-0.15, -0.1) is 0 Å². The molecule has 0 radical (unpaired) electrons. The predicted octanol–water partition coefficient (Wildman–Crippen LogP) is 3.42. The minimum atomic E-state index is -0.0431. The van der Waals surface area contributed by atoms with Crippen LogP contribution in [0.4, 0.5) is 0 Å². The largest absolute Gasteiger partial charge is 0.258 e. The molecule has 0 aromatic carbocycles. The Bertz CT molecular complexity index is 209. The summed E-state index contributed by atoms with van der Waals surface area (Å²) in [4.78, 5) is 2.39. The van der Waals surface area contributed by atoms with Gasteiger partial charge in [-0.2, -0.15) is 0 Å². The van der Waals surface area contributed by atoms with E-state index >= 15 is 0 Å². The molecule has 4 heteroatoms. The first-order chi connectivity index (χ1) is 7.27. The van der Waals surface area contributed by atoms with Crippen molar-refractivity contribution in [2.24, 2.45) is 0 Å². The van der Waals surface area contributed by atoms with Crippen molar-refractivity contribution in [3.8, 4) is 0 Å². The van der Waals surface area contributed by atoms with Gasteiger partial charge < -0.3 is 0 Å². The second kappa shape index (κ2) is 7.98. The van der Waals surface area contributed by atoms with Crippen LogP contribution >= 0.6 is 32.6 Å². The molecule has 0 N–H and O–H groups in total. The van der Waals surface area contributed by atoms with Crippen molar-refractivity contribution < 1.29 is 0 Å². The molecule has 0 atom stereocenters. The molecule has 1 aliphatic rings. The third kappa shape index (κ3) is 5.11. The zero-order valence-electron chi connectivity index (χ0n) is 9.81. The molecule has 0 aromatic heterocycles. The van der Waals surface area contributed by atoms with Crippen LogP contribution in [0.1, 0.15) is 39.5 Å². The molecule has 0 aromatic rings. The molecule has 0 unspecified atom stereocenters. The van der Waals surface area contributed by atoms with Crippen molar-refractivity contribution >= 4 is 35.7 Å². The second-order valence-electron chi connectivity index (χ2n) is 3.93. The third-order valence-electron chi connectivity index (χ3n) is 2.58. The molecule has 2 nitrogen and oxygen atoms in total. The van der Waals surface area contributed by atoms with Crippen LogP contribution < -0.4 is 0 Å². The molecule has 0 amide bonds. The average molecular weight is 345 g/mol. The highest BCUT2D eigenvalue weighted by molar-refractivity contribution is 14.2. The van der Waals surface area contributed by atoms with Crippen LogP contribution in [0, 0.1) is 0 Å². The van der Waals surface area contributed by atoms with E-state index in [9.17, 15) is 0 Å². The molecule has 90 valence electrons. The number of nitrogens with zero attached hydrogens (tertiary/aromatic N) is 2. The van der Waals surface area contributed by atoms with Crippen LogP contribution in [0.25, 0.3) is 0 Å². The maximum absolute atomic E-state index is 6.34. The summed E-state index contributed by atoms with van der Waals surface area (Å²) in [5, 5.41) is 0. The van der Waals surface area contributed by atoms with Crippen LogP contribution in [-0.2, 0) is 0 Å². The van der Waals surface area contributed by atoms with E-state index in [-0.39, 0.29) is 21.0 Å². The fourth-order valence-corrected chi connectivity index (χ4v) is 4.70. The molecule has 1 heterocycles. The Labute approximate surface area is 109 Å². The maximum Gasteiger partial charge on any atom is 0.129 e. The first-order valence-corrected chi connectivity index (χ1v) is 8.37. The molecule has 15 heavy (non-hydrogen) atoms. The van der Waals surface area contributed by atoms with E-state index in [1.54, 1.807) is 0 Å². The minimum Gasteiger partial charge on any atom is -0.258 e. The lowest BCUT2D eigenvalue weighted by Crippen LogP contribution is -2.38. The van der Waals surface area contributed by atoms with Crippen molar-refractivity contribution in [3.63, 3.8) is 0 Å². The van der Waals surface area contributed by atoms with Gasteiger partial charge in [-0.25, -0.2) is 3.11 Å². The van der Waals surface area contributed by atoms with Gasteiger partial charge in [0.1, 0.15) is 3.09 Å². The molecule has 0 aliphatic carbocycles. The number of halogens is 2. The van der Waals surface area contributed by atoms with Gasteiger partial charge in [0, 0.05) is 47.2 Å². The van der Waals surface area contributed by atoms with Crippen LogP contribution in [-0.4, -0.2) is 37.3 Å². The van der Waals surface area contributed by atoms with E-state index in [4.69, 9.17) is 11.6 Å². The highest BCUT2D eigenvalue weighted by atomic mass is 127. The quantitative estimate of drug-likeness (QED) is 0.414. The molecule has 1 rings (SSSR count). The molecule has 0 saturated carbocycles. The van der Waals surface area contributed by atoms with E-state index in [1.165, 1.54) is 38.8 Å². The Balaban J connectivity index is 2.35. The van der Waals surface area contributed by atoms with Crippen LogP contribution in [0.2, 0.25) is 0 Å². The van der Waals surface area contributed by atoms with Crippen molar-refractivity contribution in [1.29, 1.82) is 0 Å². The normalized spacial score (nSPS) is 19.8. The maximum atomic E-state index is 6.34. The number of hydrogen-bond acceptors (Lipinski definition) is 2. The number of hydrogen-bond donors (Lipinski definition) is 0. The van der Waals surface area contributed by atoms with Crippen LogP contribution in [0.15, 0.2) is 0 Å². The second-order valence-corrected chi connectivity index (χ2v) is 7.79. The summed E-state index contributed by atoms with van der Waals surface area (Å²) >= 11 is 6.30. The standard InChI is InChI=1S/C11H22ClIN2/c1-3-5-7-14-9-10-15(8-6-4-2)13-11(14)12/h3-10H2,1-2H3. The molecular formula is C11H22ClIN2. The van der Waals surface area contributed by atoms with Crippen LogP contribution in [0.5, 0.6) is 0 Å². The Kier molecular flexibility index (Phi) is 7.38. The molecular weight excluding hydrogens is 322 g/mol. The van der Waals surface area contributed by atoms with Gasteiger partial charge in [0.25, 0.3) is 0 Å². The first kappa shape index (κ1) is 13.9. The highest BCUT2D eigenvalue weighted by Gasteiger charge is 2.17. The Morgan fingerprint density at radius 1 is 1.13 bits per heavy atom. The molecule has 0 saturated heterocycles. The zero-order chi connectivity index (χ0) is 11.1. The summed E-state index contributed by atoms with van der Waals surface area (Å²) in [5.74, 6) is 0. The van der Waals surface area contributed by atoms with E-state index in [0.29, 0.717) is 0 Å². The van der Waals surface area contributed by atoms with Gasteiger partial charge in [-0.3, -0.25) is 4.90 Å². The van der Waals surface area contributed by atoms with E-state index in [1.807, 2.05) is 0 Å². The van der Waals surface area contributed by atoms with Gasteiger partial charge in [-0.1, -0.05) is 38.3 Å². The molecule has 1 aliphatic heterocycles. The summed E-state index contributed by atoms with van der Waals surface area (Å²) in [6.45, 7) is 9.27. The van der Waals surface area contributed by atoms with Gasteiger partial charge in [0.15, 0.2) is 0 Å². The predicted molar refractivity (Wildman–Crippen MR) is 77.8 cm³/mol. The van der Waals surface area contributed by atoms with Gasteiger partial charge in [0.05, 0.1) is 0 Å². The summed E-state index contributed by atoms with van der Waals surface area (Å²) < 4.78 is 3.73. The summed E-state index contributed by atoms with van der Waals surface area (Å²) in [6.07, 6.45) is 5.14. The van der Waals surface area contributed by atoms with Crippen LogP contribution in [0.3, 0.4) is 0 Å². The van der Waals surface area contributed by atoms with E-state index in [2.05, 4.69) is 21.9 Å². The molecule has 0 bridgehead atoms. The monoisotopic (exact) mass is 344 g/mol. The van der Waals surface area contributed by atoms with Gasteiger partial charge in [-0.05, 0) is 12.8 Å². The molecule has 0 fully saturated rings. The fourth-order valence-electron chi connectivity index (χ4n) is 1.54. The SMILES string of the molecule is CCCCN1CCN(CCCC)C(Cl)=I1. The highest BCUT2D eigenvalue weighted by Crippen LogP contribution is 2.21. The van der Waals surface area contributed by atoms with E-state index < -0.39 is 0 Å². The molecule has 0 spiro atoms. The Morgan fingerprint density at radius 3 is 2.40 bits per heavy atom.